The molecule has 2 aromatic carbocycles. The zero-order chi connectivity index (χ0) is 17.3. The van der Waals surface area contributed by atoms with Crippen molar-refractivity contribution >= 4 is 34.7 Å². The molecule has 0 unspecified atom stereocenters. The zero-order valence-corrected chi connectivity index (χ0v) is 14.5. The first-order chi connectivity index (χ1) is 11.5. The van der Waals surface area contributed by atoms with Crippen molar-refractivity contribution in [3.8, 4) is 5.75 Å². The zero-order valence-electron chi connectivity index (χ0n) is 13.7. The van der Waals surface area contributed by atoms with Gasteiger partial charge in [-0.15, -0.1) is 0 Å². The van der Waals surface area contributed by atoms with Crippen molar-refractivity contribution in [2.45, 2.75) is 13.8 Å². The number of aryl methyl sites for hydroxylation is 2. The van der Waals surface area contributed by atoms with E-state index in [-0.39, 0.29) is 11.1 Å². The molecule has 1 fully saturated rings. The molecule has 0 spiro atoms. The minimum atomic E-state index is -0.292. The Bertz CT molecular complexity index is 857. The van der Waals surface area contributed by atoms with Crippen LogP contribution in [0.15, 0.2) is 47.4 Å². The molecule has 122 valence electrons. The van der Waals surface area contributed by atoms with Gasteiger partial charge in [-0.2, -0.15) is 0 Å². The van der Waals surface area contributed by atoms with E-state index in [4.69, 9.17) is 4.74 Å². The predicted molar refractivity (Wildman–Crippen MR) is 97.4 cm³/mol. The SMILES string of the molecule is COc1cccc(/C=C2\SC(=O)N(c3ccc(C)cc3C)C2=O)c1. The largest absolute Gasteiger partial charge is 0.497 e. The van der Waals surface area contributed by atoms with E-state index in [1.54, 1.807) is 13.2 Å². The highest BCUT2D eigenvalue weighted by Gasteiger charge is 2.36. The molecule has 1 aliphatic rings. The van der Waals surface area contributed by atoms with Crippen molar-refractivity contribution in [3.63, 3.8) is 0 Å². The van der Waals surface area contributed by atoms with E-state index in [1.165, 1.54) is 4.90 Å². The molecule has 24 heavy (non-hydrogen) atoms. The van der Waals surface area contributed by atoms with E-state index in [9.17, 15) is 9.59 Å². The van der Waals surface area contributed by atoms with Crippen LogP contribution in [0.1, 0.15) is 16.7 Å². The lowest BCUT2D eigenvalue weighted by Crippen LogP contribution is -2.28. The molecule has 3 rings (SSSR count). The lowest BCUT2D eigenvalue weighted by Gasteiger charge is -2.15. The second-order valence-corrected chi connectivity index (χ2v) is 6.58. The highest BCUT2D eigenvalue weighted by molar-refractivity contribution is 8.19. The van der Waals surface area contributed by atoms with Gasteiger partial charge in [0.2, 0.25) is 0 Å². The molecule has 0 atom stereocenters. The van der Waals surface area contributed by atoms with Crippen molar-refractivity contribution in [2.24, 2.45) is 0 Å². The van der Waals surface area contributed by atoms with E-state index in [0.29, 0.717) is 16.3 Å². The summed E-state index contributed by atoms with van der Waals surface area (Å²) in [7, 11) is 1.59. The van der Waals surface area contributed by atoms with E-state index in [2.05, 4.69) is 0 Å². The Balaban J connectivity index is 1.95. The first kappa shape index (κ1) is 16.3. The van der Waals surface area contributed by atoms with Crippen molar-refractivity contribution in [2.75, 3.05) is 12.0 Å². The molecular weight excluding hydrogens is 322 g/mol. The lowest BCUT2D eigenvalue weighted by molar-refractivity contribution is -0.113. The summed E-state index contributed by atoms with van der Waals surface area (Å²) in [5.41, 5.74) is 3.45. The van der Waals surface area contributed by atoms with Crippen LogP contribution in [0.25, 0.3) is 6.08 Å². The van der Waals surface area contributed by atoms with Gasteiger partial charge >= 0.3 is 0 Å². The molecule has 2 aromatic rings. The van der Waals surface area contributed by atoms with Crippen molar-refractivity contribution < 1.29 is 14.3 Å². The number of carbonyl (C=O) groups excluding carboxylic acids is 2. The fraction of sp³-hybridized carbons (Fsp3) is 0.158. The highest BCUT2D eigenvalue weighted by atomic mass is 32.2. The molecule has 0 aliphatic carbocycles. The quantitative estimate of drug-likeness (QED) is 0.770. The molecule has 0 radical (unpaired) electrons. The number of carbonyl (C=O) groups is 2. The summed E-state index contributed by atoms with van der Waals surface area (Å²) in [4.78, 5) is 26.7. The summed E-state index contributed by atoms with van der Waals surface area (Å²) in [5, 5.41) is -0.277. The third-order valence-electron chi connectivity index (χ3n) is 3.78. The number of anilines is 1. The summed E-state index contributed by atoms with van der Waals surface area (Å²) in [6.45, 7) is 3.88. The smallest absolute Gasteiger partial charge is 0.298 e. The van der Waals surface area contributed by atoms with Gasteiger partial charge in [0.15, 0.2) is 0 Å². The summed E-state index contributed by atoms with van der Waals surface area (Å²) >= 11 is 0.956. The Labute approximate surface area is 145 Å². The number of imide groups is 1. The number of amides is 2. The molecule has 4 nitrogen and oxygen atoms in total. The number of rotatable bonds is 3. The van der Waals surface area contributed by atoms with Gasteiger partial charge in [0.05, 0.1) is 17.7 Å². The predicted octanol–water partition coefficient (Wildman–Crippen LogP) is 4.55. The minimum Gasteiger partial charge on any atom is -0.497 e. The van der Waals surface area contributed by atoms with Gasteiger partial charge in [0.1, 0.15) is 5.75 Å². The van der Waals surface area contributed by atoms with Gasteiger partial charge in [-0.3, -0.25) is 9.59 Å². The van der Waals surface area contributed by atoms with E-state index >= 15 is 0 Å². The third kappa shape index (κ3) is 3.08. The van der Waals surface area contributed by atoms with Crippen LogP contribution in [0.2, 0.25) is 0 Å². The average Bonchev–Trinajstić information content (AvgIpc) is 2.82. The monoisotopic (exact) mass is 339 g/mol. The number of benzene rings is 2. The number of ether oxygens (including phenoxy) is 1. The van der Waals surface area contributed by atoms with E-state index < -0.39 is 0 Å². The first-order valence-corrected chi connectivity index (χ1v) is 8.30. The van der Waals surface area contributed by atoms with Crippen LogP contribution in [0, 0.1) is 13.8 Å². The summed E-state index contributed by atoms with van der Waals surface area (Å²) in [6.07, 6.45) is 1.72. The maximum Gasteiger partial charge on any atom is 0.298 e. The Morgan fingerprint density at radius 3 is 2.58 bits per heavy atom. The van der Waals surface area contributed by atoms with Crippen LogP contribution in [-0.4, -0.2) is 18.3 Å². The minimum absolute atomic E-state index is 0.277. The Morgan fingerprint density at radius 2 is 1.88 bits per heavy atom. The molecule has 1 heterocycles. The number of hydrogen-bond donors (Lipinski definition) is 0. The van der Waals surface area contributed by atoms with Gasteiger partial charge in [-0.05, 0) is 61.0 Å². The normalized spacial score (nSPS) is 16.1. The lowest BCUT2D eigenvalue weighted by atomic mass is 10.1. The van der Waals surface area contributed by atoms with Crippen molar-refractivity contribution in [3.05, 3.63) is 64.1 Å². The van der Waals surface area contributed by atoms with Crippen molar-refractivity contribution in [1.82, 2.24) is 0 Å². The number of hydrogen-bond acceptors (Lipinski definition) is 4. The van der Waals surface area contributed by atoms with Gasteiger partial charge in [-0.25, -0.2) is 4.90 Å². The molecular formula is C19H17NO3S. The number of thioether (sulfide) groups is 1. The fourth-order valence-electron chi connectivity index (χ4n) is 2.61. The van der Waals surface area contributed by atoms with E-state index in [0.717, 1.165) is 28.5 Å². The van der Waals surface area contributed by atoms with Crippen LogP contribution in [0.3, 0.4) is 0 Å². The van der Waals surface area contributed by atoms with Gasteiger partial charge in [-0.1, -0.05) is 29.8 Å². The van der Waals surface area contributed by atoms with Crippen LogP contribution in [0.5, 0.6) is 5.75 Å². The molecule has 0 bridgehead atoms. The Kier molecular flexibility index (Phi) is 4.44. The molecule has 0 N–H and O–H groups in total. The van der Waals surface area contributed by atoms with Crippen LogP contribution < -0.4 is 9.64 Å². The molecule has 0 saturated carbocycles. The Morgan fingerprint density at radius 1 is 1.08 bits per heavy atom. The standard InChI is InChI=1S/C19H17NO3S/c1-12-7-8-16(13(2)9-12)20-18(21)17(24-19(20)22)11-14-5-4-6-15(10-14)23-3/h4-11H,1-3H3/b17-11-. The maximum absolute atomic E-state index is 12.7. The maximum atomic E-state index is 12.7. The van der Waals surface area contributed by atoms with Gasteiger partial charge < -0.3 is 4.74 Å². The number of methoxy groups -OCH3 is 1. The average molecular weight is 339 g/mol. The second kappa shape index (κ2) is 6.53. The van der Waals surface area contributed by atoms with Crippen LogP contribution in [0.4, 0.5) is 10.5 Å². The van der Waals surface area contributed by atoms with E-state index in [1.807, 2.05) is 56.3 Å². The molecule has 2 amide bonds. The second-order valence-electron chi connectivity index (χ2n) is 5.58. The topological polar surface area (TPSA) is 46.6 Å². The summed E-state index contributed by atoms with van der Waals surface area (Å²) in [5.74, 6) is 0.414. The van der Waals surface area contributed by atoms with Crippen LogP contribution in [-0.2, 0) is 4.79 Å². The summed E-state index contributed by atoms with van der Waals surface area (Å²) < 4.78 is 5.19. The molecule has 1 aliphatic heterocycles. The highest BCUT2D eigenvalue weighted by Crippen LogP contribution is 2.37. The fourth-order valence-corrected chi connectivity index (χ4v) is 3.45. The van der Waals surface area contributed by atoms with Crippen molar-refractivity contribution in [1.29, 1.82) is 0 Å². The van der Waals surface area contributed by atoms with Crippen LogP contribution >= 0.6 is 11.8 Å². The molecule has 0 aromatic heterocycles. The van der Waals surface area contributed by atoms with Gasteiger partial charge in [0, 0.05) is 0 Å². The molecule has 1 saturated heterocycles. The first-order valence-electron chi connectivity index (χ1n) is 7.49. The third-order valence-corrected chi connectivity index (χ3v) is 4.65. The number of nitrogens with zero attached hydrogens (tertiary/aromatic N) is 1. The Hall–Kier alpha value is -2.53. The molecule has 5 heteroatoms. The summed E-state index contributed by atoms with van der Waals surface area (Å²) in [6, 6.07) is 13.0. The van der Waals surface area contributed by atoms with Gasteiger partial charge in [0.25, 0.3) is 11.1 Å².